The Kier molecular flexibility index (Phi) is 6.78. The Labute approximate surface area is 114 Å². The molecule has 3 atom stereocenters. The van der Waals surface area contributed by atoms with E-state index in [9.17, 15) is 14.7 Å². The number of aliphatic hydroxyl groups is 1. The summed E-state index contributed by atoms with van der Waals surface area (Å²) in [7, 11) is 0. The van der Waals surface area contributed by atoms with Crippen molar-refractivity contribution in [1.82, 2.24) is 0 Å². The first kappa shape index (κ1) is 15.9. The minimum atomic E-state index is -0.929. The van der Waals surface area contributed by atoms with Crippen molar-refractivity contribution in [1.29, 1.82) is 0 Å². The van der Waals surface area contributed by atoms with Crippen LogP contribution in [0.5, 0.6) is 0 Å². The first-order valence-corrected chi connectivity index (χ1v) is 7.15. The van der Waals surface area contributed by atoms with Gasteiger partial charge in [-0.15, -0.1) is 0 Å². The number of hydrogen-bond acceptors (Lipinski definition) is 3. The molecule has 0 aromatic carbocycles. The lowest BCUT2D eigenvalue weighted by Crippen LogP contribution is -2.18. The second kappa shape index (κ2) is 8.10. The summed E-state index contributed by atoms with van der Waals surface area (Å²) in [6, 6.07) is 0. The molecule has 1 aliphatic carbocycles. The number of Topliss-reactive ketones (excluding diaryl/α,β-unsaturated/α-hetero) is 1. The number of allylic oxidation sites excluding steroid dienone is 1. The maximum atomic E-state index is 11.6. The normalized spacial score (nSPS) is 25.1. The van der Waals surface area contributed by atoms with Gasteiger partial charge in [0.05, 0.1) is 12.5 Å². The molecule has 0 aromatic rings. The monoisotopic (exact) mass is 268 g/mol. The summed E-state index contributed by atoms with van der Waals surface area (Å²) >= 11 is 0. The van der Waals surface area contributed by atoms with Crippen molar-refractivity contribution in [2.24, 2.45) is 11.8 Å². The van der Waals surface area contributed by atoms with Crippen molar-refractivity contribution in [2.75, 3.05) is 0 Å². The summed E-state index contributed by atoms with van der Waals surface area (Å²) < 4.78 is 0. The molecule has 0 bridgehead atoms. The Hall–Kier alpha value is -1.16. The van der Waals surface area contributed by atoms with Crippen molar-refractivity contribution in [3.63, 3.8) is 0 Å². The lowest BCUT2D eigenvalue weighted by molar-refractivity contribution is -0.140. The molecule has 2 N–H and O–H groups in total. The molecule has 1 fully saturated rings. The van der Waals surface area contributed by atoms with Crippen LogP contribution in [0.15, 0.2) is 12.2 Å². The second-order valence-electron chi connectivity index (χ2n) is 5.32. The molecule has 0 aromatic heterocycles. The third-order valence-electron chi connectivity index (χ3n) is 3.73. The van der Waals surface area contributed by atoms with Gasteiger partial charge in [-0.2, -0.15) is 0 Å². The maximum absolute atomic E-state index is 11.6. The van der Waals surface area contributed by atoms with E-state index < -0.39 is 18.0 Å². The van der Waals surface area contributed by atoms with E-state index >= 15 is 0 Å². The molecule has 0 spiro atoms. The first-order chi connectivity index (χ1) is 9.04. The van der Waals surface area contributed by atoms with Crippen LogP contribution in [-0.2, 0) is 9.59 Å². The molecule has 108 valence electrons. The predicted molar refractivity (Wildman–Crippen MR) is 72.8 cm³/mol. The summed E-state index contributed by atoms with van der Waals surface area (Å²) in [4.78, 5) is 22.3. The molecule has 4 nitrogen and oxygen atoms in total. The van der Waals surface area contributed by atoms with Crippen LogP contribution in [0.4, 0.5) is 0 Å². The summed E-state index contributed by atoms with van der Waals surface area (Å²) in [5.74, 6) is -1.32. The molecule has 1 aliphatic rings. The number of unbranched alkanes of at least 4 members (excludes halogenated alkanes) is 2. The molecule has 4 heteroatoms. The number of aliphatic carboxylic acids is 1. The summed E-state index contributed by atoms with van der Waals surface area (Å²) in [5.41, 5.74) is 0. The van der Waals surface area contributed by atoms with Gasteiger partial charge in [0.2, 0.25) is 0 Å². The number of ketones is 1. The zero-order chi connectivity index (χ0) is 14.3. The Bertz CT molecular complexity index is 335. The number of carbonyl (C=O) groups is 2. The SMILES string of the molecule is CCCCCC(O)/C=C/[C@H]1CCC(=O)[C@@H]1CC(=O)O. The highest BCUT2D eigenvalue weighted by atomic mass is 16.4. The maximum Gasteiger partial charge on any atom is 0.304 e. The fourth-order valence-corrected chi connectivity index (χ4v) is 2.59. The molecule has 0 saturated heterocycles. The van der Waals surface area contributed by atoms with E-state index in [2.05, 4.69) is 6.92 Å². The van der Waals surface area contributed by atoms with Crippen molar-refractivity contribution in [3.05, 3.63) is 12.2 Å². The zero-order valence-corrected chi connectivity index (χ0v) is 11.5. The van der Waals surface area contributed by atoms with Crippen LogP contribution < -0.4 is 0 Å². The van der Waals surface area contributed by atoms with Gasteiger partial charge >= 0.3 is 5.97 Å². The van der Waals surface area contributed by atoms with Gasteiger partial charge < -0.3 is 10.2 Å². The van der Waals surface area contributed by atoms with Crippen LogP contribution in [0.1, 0.15) is 51.9 Å². The van der Waals surface area contributed by atoms with E-state index in [-0.39, 0.29) is 18.1 Å². The number of aliphatic hydroxyl groups excluding tert-OH is 1. The quantitative estimate of drug-likeness (QED) is 0.524. The van der Waals surface area contributed by atoms with Crippen LogP contribution in [0.25, 0.3) is 0 Å². The smallest absolute Gasteiger partial charge is 0.304 e. The molecule has 1 rings (SSSR count). The Morgan fingerprint density at radius 1 is 1.47 bits per heavy atom. The van der Waals surface area contributed by atoms with Crippen LogP contribution in [0.2, 0.25) is 0 Å². The molecule has 0 aliphatic heterocycles. The van der Waals surface area contributed by atoms with Crippen LogP contribution >= 0.6 is 0 Å². The van der Waals surface area contributed by atoms with Gasteiger partial charge in [-0.3, -0.25) is 9.59 Å². The molecule has 0 heterocycles. The minimum absolute atomic E-state index is 0.0237. The number of hydrogen-bond donors (Lipinski definition) is 2. The first-order valence-electron chi connectivity index (χ1n) is 7.15. The van der Waals surface area contributed by atoms with Gasteiger partial charge in [0.15, 0.2) is 0 Å². The number of carbonyl (C=O) groups excluding carboxylic acids is 1. The number of rotatable bonds is 8. The largest absolute Gasteiger partial charge is 0.481 e. The average Bonchev–Trinajstić information content (AvgIpc) is 2.68. The van der Waals surface area contributed by atoms with Crippen molar-refractivity contribution in [3.8, 4) is 0 Å². The fourth-order valence-electron chi connectivity index (χ4n) is 2.59. The van der Waals surface area contributed by atoms with Gasteiger partial charge in [-0.25, -0.2) is 0 Å². The highest BCUT2D eigenvalue weighted by molar-refractivity contribution is 5.87. The average molecular weight is 268 g/mol. The Morgan fingerprint density at radius 3 is 2.84 bits per heavy atom. The van der Waals surface area contributed by atoms with Gasteiger partial charge in [0.1, 0.15) is 5.78 Å². The third kappa shape index (κ3) is 5.55. The van der Waals surface area contributed by atoms with E-state index in [0.29, 0.717) is 12.8 Å². The lowest BCUT2D eigenvalue weighted by atomic mass is 9.91. The Balaban J connectivity index is 2.45. The zero-order valence-electron chi connectivity index (χ0n) is 11.5. The highest BCUT2D eigenvalue weighted by Gasteiger charge is 2.34. The highest BCUT2D eigenvalue weighted by Crippen LogP contribution is 2.32. The third-order valence-corrected chi connectivity index (χ3v) is 3.73. The van der Waals surface area contributed by atoms with E-state index in [1.54, 1.807) is 6.08 Å². The Morgan fingerprint density at radius 2 is 2.21 bits per heavy atom. The van der Waals surface area contributed by atoms with E-state index in [1.165, 1.54) is 0 Å². The van der Waals surface area contributed by atoms with E-state index in [1.807, 2.05) is 6.08 Å². The van der Waals surface area contributed by atoms with Gasteiger partial charge in [0.25, 0.3) is 0 Å². The van der Waals surface area contributed by atoms with E-state index in [4.69, 9.17) is 5.11 Å². The van der Waals surface area contributed by atoms with Gasteiger partial charge in [-0.05, 0) is 18.8 Å². The van der Waals surface area contributed by atoms with Crippen molar-refractivity contribution in [2.45, 2.75) is 58.0 Å². The predicted octanol–water partition coefficient (Wildman–Crippen LogP) is 2.55. The second-order valence-corrected chi connectivity index (χ2v) is 5.32. The topological polar surface area (TPSA) is 74.6 Å². The van der Waals surface area contributed by atoms with E-state index in [0.717, 1.165) is 25.7 Å². The number of carboxylic acids is 1. The van der Waals surface area contributed by atoms with Crippen LogP contribution in [-0.4, -0.2) is 28.1 Å². The summed E-state index contributed by atoms with van der Waals surface area (Å²) in [6.07, 6.45) is 8.10. The molecule has 1 saturated carbocycles. The van der Waals surface area contributed by atoms with Crippen molar-refractivity contribution >= 4 is 11.8 Å². The molecule has 1 unspecified atom stereocenters. The number of carboxylic acid groups (broad SMARTS) is 1. The molecule has 19 heavy (non-hydrogen) atoms. The van der Waals surface area contributed by atoms with Crippen molar-refractivity contribution < 1.29 is 19.8 Å². The fraction of sp³-hybridized carbons (Fsp3) is 0.733. The summed E-state index contributed by atoms with van der Waals surface area (Å²) in [6.45, 7) is 2.11. The standard InChI is InChI=1S/C15H24O4/c1-2-3-4-5-12(16)8-6-11-7-9-14(17)13(11)10-15(18)19/h6,8,11-13,16H,2-5,7,9-10H2,1H3,(H,18,19)/b8-6+/t11-,12?,13+/m0/s1. The molecular formula is C15H24O4. The summed E-state index contributed by atoms with van der Waals surface area (Å²) in [5, 5.41) is 18.6. The molecular weight excluding hydrogens is 244 g/mol. The van der Waals surface area contributed by atoms with Gasteiger partial charge in [0, 0.05) is 12.3 Å². The van der Waals surface area contributed by atoms with Gasteiger partial charge in [-0.1, -0.05) is 38.3 Å². The van der Waals surface area contributed by atoms with Crippen LogP contribution in [0, 0.1) is 11.8 Å². The van der Waals surface area contributed by atoms with Crippen LogP contribution in [0.3, 0.4) is 0 Å². The lowest BCUT2D eigenvalue weighted by Gasteiger charge is -2.13. The minimum Gasteiger partial charge on any atom is -0.481 e. The molecule has 0 amide bonds. The molecule has 0 radical (unpaired) electrons.